The fraction of sp³-hybridized carbons (Fsp3) is 0.250. The van der Waals surface area contributed by atoms with Crippen LogP contribution >= 0.6 is 22.9 Å². The Bertz CT molecular complexity index is 1090. The van der Waals surface area contributed by atoms with Crippen LogP contribution in [0.4, 0.5) is 5.69 Å². The molecule has 0 aliphatic carbocycles. The van der Waals surface area contributed by atoms with Crippen LogP contribution in [0.25, 0.3) is 10.2 Å². The highest BCUT2D eigenvalue weighted by Gasteiger charge is 2.23. The lowest BCUT2D eigenvalue weighted by Crippen LogP contribution is -2.19. The standard InChI is InChI=1S/C20H19ClN2O4S/c1-20(2,3)12-8-10(4-5-11(12)19(26)27)18(25)22-13-6-7-14-17(16(13)21)23-15(9-24)28-14/h4-8,24H,9H2,1-3H3,(H,22,25)(H,26,27). The highest BCUT2D eigenvalue weighted by Crippen LogP contribution is 2.34. The Morgan fingerprint density at radius 1 is 1.21 bits per heavy atom. The van der Waals surface area contributed by atoms with E-state index in [1.165, 1.54) is 23.5 Å². The maximum absolute atomic E-state index is 12.7. The van der Waals surface area contributed by atoms with Crippen molar-refractivity contribution < 1.29 is 19.8 Å². The maximum Gasteiger partial charge on any atom is 0.335 e. The van der Waals surface area contributed by atoms with Gasteiger partial charge in [-0.3, -0.25) is 4.79 Å². The van der Waals surface area contributed by atoms with Crippen molar-refractivity contribution in [2.75, 3.05) is 5.32 Å². The summed E-state index contributed by atoms with van der Waals surface area (Å²) in [5, 5.41) is 22.2. The van der Waals surface area contributed by atoms with Gasteiger partial charge in [-0.15, -0.1) is 11.3 Å². The lowest BCUT2D eigenvalue weighted by Gasteiger charge is -2.22. The molecule has 0 bridgehead atoms. The van der Waals surface area contributed by atoms with Gasteiger partial charge in [0.25, 0.3) is 5.91 Å². The van der Waals surface area contributed by atoms with Crippen LogP contribution < -0.4 is 5.32 Å². The number of aromatic nitrogens is 1. The highest BCUT2D eigenvalue weighted by atomic mass is 35.5. The van der Waals surface area contributed by atoms with Crippen LogP contribution in [-0.2, 0) is 12.0 Å². The summed E-state index contributed by atoms with van der Waals surface area (Å²) in [5.74, 6) is -1.44. The Hall–Kier alpha value is -2.48. The van der Waals surface area contributed by atoms with Gasteiger partial charge >= 0.3 is 5.97 Å². The number of aliphatic hydroxyl groups excluding tert-OH is 1. The molecular weight excluding hydrogens is 400 g/mol. The molecule has 0 atom stereocenters. The monoisotopic (exact) mass is 418 g/mol. The molecule has 0 saturated carbocycles. The lowest BCUT2D eigenvalue weighted by atomic mass is 9.82. The van der Waals surface area contributed by atoms with Crippen molar-refractivity contribution in [3.05, 3.63) is 57.1 Å². The Balaban J connectivity index is 1.96. The molecule has 0 unspecified atom stereocenters. The summed E-state index contributed by atoms with van der Waals surface area (Å²) in [4.78, 5) is 28.5. The predicted molar refractivity (Wildman–Crippen MR) is 111 cm³/mol. The number of thiazole rings is 1. The molecule has 0 aliphatic rings. The van der Waals surface area contributed by atoms with Gasteiger partial charge in [0.05, 0.1) is 27.6 Å². The molecule has 0 saturated heterocycles. The molecule has 146 valence electrons. The molecule has 1 amide bonds. The molecule has 0 spiro atoms. The van der Waals surface area contributed by atoms with Gasteiger partial charge < -0.3 is 15.5 Å². The van der Waals surface area contributed by atoms with Gasteiger partial charge in [0.1, 0.15) is 10.5 Å². The summed E-state index contributed by atoms with van der Waals surface area (Å²) in [6, 6.07) is 7.97. The second-order valence-corrected chi connectivity index (χ2v) is 8.80. The number of hydrogen-bond donors (Lipinski definition) is 3. The van der Waals surface area contributed by atoms with E-state index < -0.39 is 17.3 Å². The average Bonchev–Trinajstić information content (AvgIpc) is 3.07. The SMILES string of the molecule is CC(C)(C)c1cc(C(=O)Nc2ccc3sc(CO)nc3c2Cl)ccc1C(=O)O. The van der Waals surface area contributed by atoms with Crippen molar-refractivity contribution in [1.82, 2.24) is 4.98 Å². The number of hydrogen-bond acceptors (Lipinski definition) is 5. The number of nitrogens with one attached hydrogen (secondary N) is 1. The fourth-order valence-electron chi connectivity index (χ4n) is 2.86. The average molecular weight is 419 g/mol. The third-order valence-electron chi connectivity index (χ3n) is 4.25. The molecule has 0 aliphatic heterocycles. The summed E-state index contributed by atoms with van der Waals surface area (Å²) in [7, 11) is 0. The number of rotatable bonds is 4. The van der Waals surface area contributed by atoms with Crippen LogP contribution in [-0.4, -0.2) is 27.1 Å². The number of anilines is 1. The number of amides is 1. The van der Waals surface area contributed by atoms with Crippen LogP contribution in [0.3, 0.4) is 0 Å². The number of halogens is 1. The van der Waals surface area contributed by atoms with Crippen molar-refractivity contribution in [3.8, 4) is 0 Å². The van der Waals surface area contributed by atoms with Crippen LogP contribution in [0.2, 0.25) is 5.02 Å². The van der Waals surface area contributed by atoms with Gasteiger partial charge in [0.2, 0.25) is 0 Å². The largest absolute Gasteiger partial charge is 0.478 e. The van der Waals surface area contributed by atoms with E-state index in [4.69, 9.17) is 11.6 Å². The first-order valence-electron chi connectivity index (χ1n) is 8.49. The molecule has 3 N–H and O–H groups in total. The predicted octanol–water partition coefficient (Wildman–Crippen LogP) is 4.69. The molecule has 2 aromatic carbocycles. The van der Waals surface area contributed by atoms with Crippen molar-refractivity contribution in [2.24, 2.45) is 0 Å². The van der Waals surface area contributed by atoms with Gasteiger partial charge in [0, 0.05) is 5.56 Å². The number of carboxylic acid groups (broad SMARTS) is 1. The number of fused-ring (bicyclic) bond motifs is 1. The van der Waals surface area contributed by atoms with E-state index in [2.05, 4.69) is 10.3 Å². The second kappa shape index (κ2) is 7.50. The lowest BCUT2D eigenvalue weighted by molar-refractivity contribution is 0.0693. The first-order valence-corrected chi connectivity index (χ1v) is 9.69. The van der Waals surface area contributed by atoms with E-state index in [9.17, 15) is 19.8 Å². The van der Waals surface area contributed by atoms with E-state index in [-0.39, 0.29) is 12.2 Å². The quantitative estimate of drug-likeness (QED) is 0.570. The smallest absolute Gasteiger partial charge is 0.335 e. The number of aliphatic hydroxyl groups is 1. The number of benzene rings is 2. The topological polar surface area (TPSA) is 99.5 Å². The van der Waals surface area contributed by atoms with E-state index in [0.29, 0.717) is 32.4 Å². The number of aromatic carboxylic acids is 1. The molecule has 6 nitrogen and oxygen atoms in total. The molecular formula is C20H19ClN2O4S. The first-order chi connectivity index (χ1) is 13.1. The van der Waals surface area contributed by atoms with Gasteiger partial charge in [-0.1, -0.05) is 32.4 Å². The maximum atomic E-state index is 12.7. The van der Waals surface area contributed by atoms with Crippen molar-refractivity contribution in [2.45, 2.75) is 32.8 Å². The molecule has 0 fully saturated rings. The van der Waals surface area contributed by atoms with Gasteiger partial charge in [-0.05, 0) is 41.3 Å². The Morgan fingerprint density at radius 2 is 1.93 bits per heavy atom. The number of carbonyl (C=O) groups is 2. The number of carboxylic acids is 1. The summed E-state index contributed by atoms with van der Waals surface area (Å²) in [5.41, 5.74) is 1.55. The summed E-state index contributed by atoms with van der Waals surface area (Å²) >= 11 is 7.71. The first kappa shape index (κ1) is 20.3. The molecule has 28 heavy (non-hydrogen) atoms. The molecule has 1 heterocycles. The summed E-state index contributed by atoms with van der Waals surface area (Å²) in [6.07, 6.45) is 0. The minimum Gasteiger partial charge on any atom is -0.478 e. The van der Waals surface area contributed by atoms with Gasteiger partial charge in [0.15, 0.2) is 0 Å². The Labute approximate surface area is 170 Å². The normalized spacial score (nSPS) is 11.6. The van der Waals surface area contributed by atoms with Crippen LogP contribution in [0, 0.1) is 0 Å². The van der Waals surface area contributed by atoms with Crippen LogP contribution in [0.15, 0.2) is 30.3 Å². The van der Waals surface area contributed by atoms with E-state index in [1.807, 2.05) is 20.8 Å². The zero-order valence-corrected chi connectivity index (χ0v) is 17.1. The second-order valence-electron chi connectivity index (χ2n) is 7.31. The van der Waals surface area contributed by atoms with Gasteiger partial charge in [-0.25, -0.2) is 9.78 Å². The van der Waals surface area contributed by atoms with Crippen molar-refractivity contribution >= 4 is 50.7 Å². The molecule has 0 radical (unpaired) electrons. The molecule has 8 heteroatoms. The number of carbonyl (C=O) groups excluding carboxylic acids is 1. The Kier molecular flexibility index (Phi) is 5.43. The minimum absolute atomic E-state index is 0.169. The molecule has 3 aromatic rings. The van der Waals surface area contributed by atoms with E-state index in [1.54, 1.807) is 18.2 Å². The van der Waals surface area contributed by atoms with Crippen LogP contribution in [0.1, 0.15) is 52.1 Å². The zero-order valence-electron chi connectivity index (χ0n) is 15.5. The van der Waals surface area contributed by atoms with E-state index >= 15 is 0 Å². The van der Waals surface area contributed by atoms with Crippen LogP contribution in [0.5, 0.6) is 0 Å². The Morgan fingerprint density at radius 3 is 2.54 bits per heavy atom. The molecule has 1 aromatic heterocycles. The number of nitrogens with zero attached hydrogens (tertiary/aromatic N) is 1. The third kappa shape index (κ3) is 3.87. The van der Waals surface area contributed by atoms with Gasteiger partial charge in [-0.2, -0.15) is 0 Å². The van der Waals surface area contributed by atoms with Crippen molar-refractivity contribution in [1.29, 1.82) is 0 Å². The fourth-order valence-corrected chi connectivity index (χ4v) is 4.01. The van der Waals surface area contributed by atoms with Crippen molar-refractivity contribution in [3.63, 3.8) is 0 Å². The molecule has 3 rings (SSSR count). The third-order valence-corrected chi connectivity index (χ3v) is 5.64. The summed E-state index contributed by atoms with van der Waals surface area (Å²) < 4.78 is 0.813. The summed E-state index contributed by atoms with van der Waals surface area (Å²) in [6.45, 7) is 5.50. The zero-order chi connectivity index (χ0) is 20.6. The highest BCUT2D eigenvalue weighted by molar-refractivity contribution is 7.18. The van der Waals surface area contributed by atoms with E-state index in [0.717, 1.165) is 4.70 Å². The minimum atomic E-state index is -1.03.